The zero-order valence-electron chi connectivity index (χ0n) is 11.3. The molecule has 18 heavy (non-hydrogen) atoms. The molecule has 98 valence electrons. The standard InChI is InChI=1S/C15H22N2O/c1-11-3-4-12(2)14(7-11)8-15(18)17-6-5-13(9-16)10-17/h3-4,7,13H,5-6,8-10,16H2,1-2H3. The summed E-state index contributed by atoms with van der Waals surface area (Å²) in [6, 6.07) is 6.29. The number of benzene rings is 1. The van der Waals surface area contributed by atoms with E-state index in [0.717, 1.165) is 25.1 Å². The molecule has 0 bridgehead atoms. The smallest absolute Gasteiger partial charge is 0.227 e. The highest BCUT2D eigenvalue weighted by atomic mass is 16.2. The van der Waals surface area contributed by atoms with Crippen molar-refractivity contribution in [1.29, 1.82) is 0 Å². The molecule has 0 spiro atoms. The Labute approximate surface area is 109 Å². The SMILES string of the molecule is Cc1ccc(C)c(CC(=O)N2CCC(CN)C2)c1. The van der Waals surface area contributed by atoms with Crippen LogP contribution in [0.25, 0.3) is 0 Å². The topological polar surface area (TPSA) is 46.3 Å². The van der Waals surface area contributed by atoms with E-state index in [1.807, 2.05) is 4.90 Å². The van der Waals surface area contributed by atoms with Crippen LogP contribution in [0.4, 0.5) is 0 Å². The number of nitrogens with two attached hydrogens (primary N) is 1. The van der Waals surface area contributed by atoms with Crippen molar-refractivity contribution < 1.29 is 4.79 Å². The Hall–Kier alpha value is -1.35. The Morgan fingerprint density at radius 1 is 1.44 bits per heavy atom. The quantitative estimate of drug-likeness (QED) is 0.881. The number of carbonyl (C=O) groups is 1. The highest BCUT2D eigenvalue weighted by molar-refractivity contribution is 5.79. The molecule has 1 fully saturated rings. The van der Waals surface area contributed by atoms with Gasteiger partial charge in [0.15, 0.2) is 0 Å². The minimum Gasteiger partial charge on any atom is -0.342 e. The van der Waals surface area contributed by atoms with Gasteiger partial charge in [-0.1, -0.05) is 23.8 Å². The molecule has 1 aliphatic rings. The van der Waals surface area contributed by atoms with E-state index in [2.05, 4.69) is 32.0 Å². The van der Waals surface area contributed by atoms with Crippen LogP contribution in [-0.4, -0.2) is 30.4 Å². The first-order valence-corrected chi connectivity index (χ1v) is 6.64. The van der Waals surface area contributed by atoms with Gasteiger partial charge in [0.25, 0.3) is 0 Å². The van der Waals surface area contributed by atoms with Gasteiger partial charge in [0.2, 0.25) is 5.91 Å². The van der Waals surface area contributed by atoms with Crippen molar-refractivity contribution in [2.75, 3.05) is 19.6 Å². The second-order valence-corrected chi connectivity index (χ2v) is 5.34. The summed E-state index contributed by atoms with van der Waals surface area (Å²) in [5, 5.41) is 0. The molecule has 1 atom stereocenters. The van der Waals surface area contributed by atoms with Gasteiger partial charge < -0.3 is 10.6 Å². The number of hydrogen-bond acceptors (Lipinski definition) is 2. The Morgan fingerprint density at radius 3 is 2.89 bits per heavy atom. The molecule has 2 rings (SSSR count). The number of carbonyl (C=O) groups excluding carboxylic acids is 1. The number of hydrogen-bond donors (Lipinski definition) is 1. The van der Waals surface area contributed by atoms with E-state index in [9.17, 15) is 4.79 Å². The third-order valence-electron chi connectivity index (χ3n) is 3.82. The van der Waals surface area contributed by atoms with Crippen molar-refractivity contribution in [3.05, 3.63) is 34.9 Å². The van der Waals surface area contributed by atoms with Crippen LogP contribution in [-0.2, 0) is 11.2 Å². The minimum atomic E-state index is 0.236. The summed E-state index contributed by atoms with van der Waals surface area (Å²) >= 11 is 0. The third-order valence-corrected chi connectivity index (χ3v) is 3.82. The largest absolute Gasteiger partial charge is 0.342 e. The second-order valence-electron chi connectivity index (χ2n) is 5.34. The fourth-order valence-corrected chi connectivity index (χ4v) is 2.52. The van der Waals surface area contributed by atoms with Gasteiger partial charge in [-0.05, 0) is 43.9 Å². The van der Waals surface area contributed by atoms with E-state index in [-0.39, 0.29) is 5.91 Å². The maximum atomic E-state index is 12.2. The number of aryl methyl sites for hydroxylation is 2. The summed E-state index contributed by atoms with van der Waals surface area (Å²) in [6.45, 7) is 6.52. The molecule has 0 aromatic heterocycles. The number of rotatable bonds is 3. The van der Waals surface area contributed by atoms with Crippen LogP contribution in [0.15, 0.2) is 18.2 Å². The first-order valence-electron chi connectivity index (χ1n) is 6.64. The maximum Gasteiger partial charge on any atom is 0.227 e. The third kappa shape index (κ3) is 2.91. The van der Waals surface area contributed by atoms with E-state index < -0.39 is 0 Å². The maximum absolute atomic E-state index is 12.2. The Morgan fingerprint density at radius 2 is 2.22 bits per heavy atom. The number of likely N-dealkylation sites (tertiary alicyclic amines) is 1. The van der Waals surface area contributed by atoms with Crippen molar-refractivity contribution in [2.24, 2.45) is 11.7 Å². The first-order chi connectivity index (χ1) is 8.60. The first kappa shape index (κ1) is 13.1. The van der Waals surface area contributed by atoms with Crippen LogP contribution in [0.2, 0.25) is 0 Å². The van der Waals surface area contributed by atoms with E-state index in [0.29, 0.717) is 18.9 Å². The van der Waals surface area contributed by atoms with Crippen molar-refractivity contribution >= 4 is 5.91 Å². The van der Waals surface area contributed by atoms with Crippen LogP contribution in [0, 0.1) is 19.8 Å². The Bertz CT molecular complexity index is 442. The van der Waals surface area contributed by atoms with Crippen molar-refractivity contribution in [3.8, 4) is 0 Å². The van der Waals surface area contributed by atoms with Crippen LogP contribution < -0.4 is 5.73 Å². The van der Waals surface area contributed by atoms with Gasteiger partial charge in [0, 0.05) is 13.1 Å². The molecule has 1 unspecified atom stereocenters. The monoisotopic (exact) mass is 246 g/mol. The van der Waals surface area contributed by atoms with Gasteiger partial charge in [0.05, 0.1) is 6.42 Å². The lowest BCUT2D eigenvalue weighted by Crippen LogP contribution is -2.31. The molecule has 0 aliphatic carbocycles. The molecule has 1 saturated heterocycles. The lowest BCUT2D eigenvalue weighted by Gasteiger charge is -2.17. The second kappa shape index (κ2) is 5.53. The predicted molar refractivity (Wildman–Crippen MR) is 73.4 cm³/mol. The number of nitrogens with zero attached hydrogens (tertiary/aromatic N) is 1. The molecular formula is C15H22N2O. The summed E-state index contributed by atoms with van der Waals surface area (Å²) in [6.07, 6.45) is 1.57. The fourth-order valence-electron chi connectivity index (χ4n) is 2.52. The molecule has 0 saturated carbocycles. The van der Waals surface area contributed by atoms with Gasteiger partial charge in [0.1, 0.15) is 0 Å². The van der Waals surface area contributed by atoms with E-state index in [4.69, 9.17) is 5.73 Å². The minimum absolute atomic E-state index is 0.236. The lowest BCUT2D eigenvalue weighted by molar-refractivity contribution is -0.129. The van der Waals surface area contributed by atoms with Gasteiger partial charge in [-0.25, -0.2) is 0 Å². The van der Waals surface area contributed by atoms with Gasteiger partial charge in [-0.3, -0.25) is 4.79 Å². The Balaban J connectivity index is 2.01. The highest BCUT2D eigenvalue weighted by Gasteiger charge is 2.25. The van der Waals surface area contributed by atoms with E-state index in [1.54, 1.807) is 0 Å². The van der Waals surface area contributed by atoms with Crippen LogP contribution in [0.3, 0.4) is 0 Å². The molecule has 1 aromatic rings. The van der Waals surface area contributed by atoms with Gasteiger partial charge in [-0.2, -0.15) is 0 Å². The average molecular weight is 246 g/mol. The van der Waals surface area contributed by atoms with Crippen molar-refractivity contribution in [1.82, 2.24) is 4.90 Å². The normalized spacial score (nSPS) is 19.3. The summed E-state index contributed by atoms with van der Waals surface area (Å²) in [5.74, 6) is 0.729. The van der Waals surface area contributed by atoms with Crippen LogP contribution in [0.1, 0.15) is 23.1 Å². The summed E-state index contributed by atoms with van der Waals surface area (Å²) in [4.78, 5) is 14.2. The predicted octanol–water partition coefficient (Wildman–Crippen LogP) is 1.65. The molecule has 0 radical (unpaired) electrons. The molecule has 1 aliphatic heterocycles. The molecule has 3 heteroatoms. The molecule has 1 heterocycles. The van der Waals surface area contributed by atoms with E-state index >= 15 is 0 Å². The molecule has 1 aromatic carbocycles. The lowest BCUT2D eigenvalue weighted by atomic mass is 10.0. The Kier molecular flexibility index (Phi) is 4.02. The van der Waals surface area contributed by atoms with Crippen molar-refractivity contribution in [3.63, 3.8) is 0 Å². The zero-order valence-corrected chi connectivity index (χ0v) is 11.3. The van der Waals surface area contributed by atoms with Gasteiger partial charge in [-0.15, -0.1) is 0 Å². The van der Waals surface area contributed by atoms with Crippen LogP contribution in [0.5, 0.6) is 0 Å². The van der Waals surface area contributed by atoms with Crippen LogP contribution >= 0.6 is 0 Å². The zero-order chi connectivity index (χ0) is 13.1. The highest BCUT2D eigenvalue weighted by Crippen LogP contribution is 2.18. The molecule has 1 amide bonds. The molecular weight excluding hydrogens is 224 g/mol. The summed E-state index contributed by atoms with van der Waals surface area (Å²) < 4.78 is 0. The van der Waals surface area contributed by atoms with Gasteiger partial charge >= 0.3 is 0 Å². The number of amides is 1. The average Bonchev–Trinajstić information content (AvgIpc) is 2.82. The van der Waals surface area contributed by atoms with Crippen molar-refractivity contribution in [2.45, 2.75) is 26.7 Å². The summed E-state index contributed by atoms with van der Waals surface area (Å²) in [5.41, 5.74) is 9.21. The van der Waals surface area contributed by atoms with E-state index in [1.165, 1.54) is 11.1 Å². The summed E-state index contributed by atoms with van der Waals surface area (Å²) in [7, 11) is 0. The molecule has 3 nitrogen and oxygen atoms in total. The molecule has 2 N–H and O–H groups in total. The fraction of sp³-hybridized carbons (Fsp3) is 0.533.